The number of benzene rings is 1. The third-order valence-corrected chi connectivity index (χ3v) is 10.1. The van der Waals surface area contributed by atoms with Crippen molar-refractivity contribution in [1.29, 1.82) is 0 Å². The molecule has 1 amide bonds. The molecule has 44 heavy (non-hydrogen) atoms. The average molecular weight is 614 g/mol. The fourth-order valence-electron chi connectivity index (χ4n) is 8.81. The maximum absolute atomic E-state index is 14.2. The normalized spacial score (nSPS) is 33.0. The van der Waals surface area contributed by atoms with Gasteiger partial charge in [-0.05, 0) is 85.0 Å². The van der Waals surface area contributed by atoms with Gasteiger partial charge in [-0.25, -0.2) is 0 Å². The minimum absolute atomic E-state index is 0.0101. The number of primary amides is 1. The molecule has 12 nitrogen and oxygen atoms in total. The van der Waals surface area contributed by atoms with E-state index in [9.17, 15) is 34.8 Å². The second-order valence-electron chi connectivity index (χ2n) is 15.0. The van der Waals surface area contributed by atoms with Crippen LogP contribution in [0.3, 0.4) is 0 Å². The number of phenols is 1. The zero-order valence-corrected chi connectivity index (χ0v) is 26.9. The molecule has 4 aliphatic rings. The average Bonchev–Trinajstić information content (AvgIpc) is 2.85. The molecule has 0 spiro atoms. The predicted molar refractivity (Wildman–Crippen MR) is 166 cm³/mol. The lowest BCUT2D eigenvalue weighted by atomic mass is 9.54. The van der Waals surface area contributed by atoms with Crippen LogP contribution in [0.2, 0.25) is 0 Å². The number of amides is 1. The number of rotatable bonds is 5. The quantitative estimate of drug-likeness (QED) is 0.185. The Bertz CT molecular complexity index is 1430. The van der Waals surface area contributed by atoms with Crippen LogP contribution in [-0.4, -0.2) is 106 Å². The van der Waals surface area contributed by atoms with Gasteiger partial charge in [-0.15, -0.1) is 0 Å². The first-order valence-electron chi connectivity index (χ1n) is 15.2. The van der Waals surface area contributed by atoms with Crippen molar-refractivity contribution in [1.82, 2.24) is 10.2 Å². The summed E-state index contributed by atoms with van der Waals surface area (Å²) >= 11 is 0. The summed E-state index contributed by atoms with van der Waals surface area (Å²) in [6, 6.07) is 0.906. The molecule has 12 heteroatoms. The maximum Gasteiger partial charge on any atom is 0.230 e. The molecule has 2 saturated carbocycles. The summed E-state index contributed by atoms with van der Waals surface area (Å²) in [5, 5.41) is 53.5. The number of carbonyl (C=O) groups is 3. The lowest BCUT2D eigenvalue weighted by Crippen LogP contribution is -2.73. The number of likely N-dealkylation sites (N-methyl/N-ethyl adjacent to an activating group) is 1. The van der Waals surface area contributed by atoms with Gasteiger partial charge in [-0.2, -0.15) is 0 Å². The van der Waals surface area contributed by atoms with Crippen LogP contribution in [0.5, 0.6) is 5.75 Å². The molecule has 1 saturated heterocycles. The van der Waals surface area contributed by atoms with Gasteiger partial charge < -0.3 is 46.6 Å². The smallest absolute Gasteiger partial charge is 0.230 e. The number of nitrogens with one attached hydrogen (secondary N) is 2. The minimum Gasteiger partial charge on any atom is -0.507 e. The number of anilines is 2. The Morgan fingerprint density at radius 2 is 1.66 bits per heavy atom. The van der Waals surface area contributed by atoms with Crippen molar-refractivity contribution in [3.05, 3.63) is 22.8 Å². The molecule has 2 unspecified atom stereocenters. The van der Waals surface area contributed by atoms with Crippen molar-refractivity contribution >= 4 is 34.6 Å². The molecule has 1 heterocycles. The Balaban J connectivity index is 1.64. The van der Waals surface area contributed by atoms with E-state index in [-0.39, 0.29) is 46.8 Å². The summed E-state index contributed by atoms with van der Waals surface area (Å²) in [7, 11) is 6.98. The summed E-state index contributed by atoms with van der Waals surface area (Å²) in [6.45, 7) is 8.50. The fourth-order valence-corrected chi connectivity index (χ4v) is 8.81. The first-order valence-corrected chi connectivity index (χ1v) is 15.2. The number of ketones is 2. The van der Waals surface area contributed by atoms with Crippen LogP contribution in [0.25, 0.3) is 5.76 Å². The second-order valence-corrected chi connectivity index (χ2v) is 15.0. The number of aliphatic hydroxyl groups is 3. The van der Waals surface area contributed by atoms with Gasteiger partial charge in [0, 0.05) is 54.4 Å². The van der Waals surface area contributed by atoms with Crippen LogP contribution < -0.4 is 21.3 Å². The number of phenolic OH excluding ortho intramolecular Hbond substituents is 1. The Labute approximate surface area is 258 Å². The van der Waals surface area contributed by atoms with Crippen LogP contribution in [0.15, 0.2) is 11.6 Å². The highest BCUT2D eigenvalue weighted by Crippen LogP contribution is 2.54. The van der Waals surface area contributed by atoms with Crippen LogP contribution >= 0.6 is 0 Å². The predicted octanol–water partition coefficient (Wildman–Crippen LogP) is 0.916. The lowest BCUT2D eigenvalue weighted by molar-refractivity contribution is -0.184. The largest absolute Gasteiger partial charge is 0.507 e. The van der Waals surface area contributed by atoms with Crippen LogP contribution in [0.4, 0.5) is 11.4 Å². The fraction of sp³-hybridized carbons (Fsp3) is 0.656. The van der Waals surface area contributed by atoms with E-state index >= 15 is 0 Å². The minimum atomic E-state index is -2.69. The molecule has 6 atom stereocenters. The second kappa shape index (κ2) is 10.4. The highest BCUT2D eigenvalue weighted by atomic mass is 16.3. The molecule has 8 N–H and O–H groups in total. The van der Waals surface area contributed by atoms with E-state index in [2.05, 4.69) is 38.3 Å². The number of hydrogen-bond donors (Lipinski definition) is 7. The zero-order chi connectivity index (χ0) is 32.8. The molecule has 1 aromatic carbocycles. The van der Waals surface area contributed by atoms with Gasteiger partial charge in [0.1, 0.15) is 17.4 Å². The Morgan fingerprint density at radius 1 is 1.07 bits per heavy atom. The number of Topliss-reactive ketones (excluding diaryl/α,β-unsaturated/α-hetero) is 2. The van der Waals surface area contributed by atoms with Crippen molar-refractivity contribution in [3.63, 3.8) is 0 Å². The summed E-state index contributed by atoms with van der Waals surface area (Å²) in [6.07, 6.45) is 0.335. The molecule has 0 radical (unpaired) electrons. The van der Waals surface area contributed by atoms with E-state index in [1.54, 1.807) is 19.0 Å². The van der Waals surface area contributed by atoms with Crippen molar-refractivity contribution < 1.29 is 34.8 Å². The monoisotopic (exact) mass is 613 g/mol. The molecule has 1 aromatic rings. The van der Waals surface area contributed by atoms with Crippen LogP contribution in [-0.2, 0) is 20.8 Å². The number of nitrogens with two attached hydrogens (primary N) is 1. The third-order valence-electron chi connectivity index (χ3n) is 10.1. The van der Waals surface area contributed by atoms with Gasteiger partial charge in [0.25, 0.3) is 0 Å². The molecule has 5 rings (SSSR count). The molecule has 3 fully saturated rings. The van der Waals surface area contributed by atoms with E-state index in [0.717, 1.165) is 18.5 Å². The van der Waals surface area contributed by atoms with Gasteiger partial charge in [-0.1, -0.05) is 0 Å². The SMILES string of the molecule is CN(C)c1cc(NC2CC(C)(C)NC(C)(C)C2)c(O)c2c1C[C@H]1C[C@H]3[C@H](N(C)C)C(O)C(C(N)=O)C(=O)[C@@]3(O)C(=O)C1=C2O. The van der Waals surface area contributed by atoms with Crippen molar-refractivity contribution in [2.45, 2.75) is 88.2 Å². The van der Waals surface area contributed by atoms with Crippen LogP contribution in [0.1, 0.15) is 58.1 Å². The lowest BCUT2D eigenvalue weighted by Gasteiger charge is -2.53. The van der Waals surface area contributed by atoms with Gasteiger partial charge in [0.15, 0.2) is 11.4 Å². The molecule has 3 aliphatic carbocycles. The summed E-state index contributed by atoms with van der Waals surface area (Å²) in [5.74, 6) is -7.54. The highest BCUT2D eigenvalue weighted by molar-refractivity contribution is 6.25. The van der Waals surface area contributed by atoms with Crippen LogP contribution in [0, 0.1) is 17.8 Å². The van der Waals surface area contributed by atoms with E-state index in [4.69, 9.17) is 5.73 Å². The topological polar surface area (TPSA) is 189 Å². The number of piperidine rings is 1. The molecule has 0 bridgehead atoms. The molecule has 0 aromatic heterocycles. The van der Waals surface area contributed by atoms with Gasteiger partial charge in [0.2, 0.25) is 11.7 Å². The number of hydrogen-bond acceptors (Lipinski definition) is 11. The number of carbonyl (C=O) groups excluding carboxylic acids is 3. The number of nitrogens with zero attached hydrogens (tertiary/aromatic N) is 2. The first-order chi connectivity index (χ1) is 20.2. The van der Waals surface area contributed by atoms with Gasteiger partial charge in [0.05, 0.1) is 17.4 Å². The summed E-state index contributed by atoms with van der Waals surface area (Å²) < 4.78 is 0. The van der Waals surface area contributed by atoms with E-state index in [0.29, 0.717) is 11.3 Å². The molecule has 242 valence electrons. The van der Waals surface area contributed by atoms with E-state index in [1.807, 2.05) is 25.1 Å². The van der Waals surface area contributed by atoms with E-state index in [1.165, 1.54) is 0 Å². The Morgan fingerprint density at radius 3 is 2.18 bits per heavy atom. The molecular formula is C32H47N5O7. The summed E-state index contributed by atoms with van der Waals surface area (Å²) in [4.78, 5) is 43.6. The van der Waals surface area contributed by atoms with Crippen molar-refractivity contribution in [2.24, 2.45) is 23.5 Å². The zero-order valence-electron chi connectivity index (χ0n) is 26.9. The van der Waals surface area contributed by atoms with Gasteiger partial charge in [-0.3, -0.25) is 14.4 Å². The van der Waals surface area contributed by atoms with Crippen molar-refractivity contribution in [3.8, 4) is 5.75 Å². The Hall–Kier alpha value is -3.19. The molecular weight excluding hydrogens is 566 g/mol. The number of aromatic hydroxyl groups is 1. The van der Waals surface area contributed by atoms with Gasteiger partial charge >= 0.3 is 0 Å². The first kappa shape index (κ1) is 32.2. The molecule has 1 aliphatic heterocycles. The number of aliphatic hydroxyl groups excluding tert-OH is 2. The standard InChI is InChI=1S/C32H47N5O7/c1-30(2)12-15(13-31(3,4)35-30)34-18-11-19(36(5)6)16-9-14-10-17-23(37(7)8)26(40)22(29(33)43)28(42)32(17,44)27(41)20(14)25(39)21(16)24(18)38/h11,14-15,17,22-23,26,34-35,38-40,44H,9-10,12-13H2,1-8H3,(H2,33,43)/t14-,17-,22?,23-,26?,32-/m0/s1. The van der Waals surface area contributed by atoms with Crippen molar-refractivity contribution in [2.75, 3.05) is 38.4 Å². The summed E-state index contributed by atoms with van der Waals surface area (Å²) in [5.41, 5.74) is 4.14. The Kier molecular flexibility index (Phi) is 7.64. The highest BCUT2D eigenvalue weighted by Gasteiger charge is 2.67. The number of fused-ring (bicyclic) bond motifs is 3. The third kappa shape index (κ3) is 4.86. The maximum atomic E-state index is 14.2. The van der Waals surface area contributed by atoms with E-state index < -0.39 is 58.7 Å².